The molecule has 0 amide bonds. The number of aryl methyl sites for hydroxylation is 2. The molecule has 0 aliphatic heterocycles. The van der Waals surface area contributed by atoms with Gasteiger partial charge in [-0.2, -0.15) is 5.10 Å². The number of aromatic nitrogens is 2. The second kappa shape index (κ2) is 5.79. The lowest BCUT2D eigenvalue weighted by molar-refractivity contribution is 0.712. The molecule has 6 heteroatoms. The molecular formula is C12H12BrClIN3. The van der Waals surface area contributed by atoms with Crippen molar-refractivity contribution in [3.8, 4) is 0 Å². The van der Waals surface area contributed by atoms with E-state index in [-0.39, 0.29) is 0 Å². The van der Waals surface area contributed by atoms with Gasteiger partial charge in [-0.05, 0) is 63.6 Å². The van der Waals surface area contributed by atoms with Crippen LogP contribution in [-0.4, -0.2) is 9.78 Å². The van der Waals surface area contributed by atoms with Crippen LogP contribution in [0.1, 0.15) is 11.4 Å². The van der Waals surface area contributed by atoms with E-state index < -0.39 is 0 Å². The number of nitrogens with zero attached hydrogens (tertiary/aromatic N) is 2. The summed E-state index contributed by atoms with van der Waals surface area (Å²) in [6, 6.07) is 5.81. The zero-order chi connectivity index (χ0) is 13.3. The van der Waals surface area contributed by atoms with Crippen LogP contribution in [0.25, 0.3) is 0 Å². The highest BCUT2D eigenvalue weighted by atomic mass is 127. The third-order valence-corrected chi connectivity index (χ3v) is 4.80. The van der Waals surface area contributed by atoms with E-state index in [9.17, 15) is 0 Å². The first kappa shape index (κ1) is 14.1. The Bertz CT molecular complexity index is 583. The fourth-order valence-corrected chi connectivity index (χ4v) is 3.22. The lowest BCUT2D eigenvalue weighted by Crippen LogP contribution is -2.06. The molecule has 0 saturated carbocycles. The van der Waals surface area contributed by atoms with Crippen LogP contribution in [0, 0.1) is 10.5 Å². The van der Waals surface area contributed by atoms with Gasteiger partial charge in [0.25, 0.3) is 0 Å². The maximum absolute atomic E-state index is 5.93. The molecule has 0 unspecified atom stereocenters. The molecule has 1 heterocycles. The molecule has 1 aromatic heterocycles. The molecule has 0 fully saturated rings. The topological polar surface area (TPSA) is 29.9 Å². The molecule has 0 saturated heterocycles. The van der Waals surface area contributed by atoms with E-state index in [1.807, 2.05) is 36.9 Å². The van der Waals surface area contributed by atoms with E-state index in [0.717, 1.165) is 36.7 Å². The largest absolute Gasteiger partial charge is 0.379 e. The number of halogens is 3. The van der Waals surface area contributed by atoms with E-state index >= 15 is 0 Å². The van der Waals surface area contributed by atoms with Crippen molar-refractivity contribution in [2.45, 2.75) is 13.5 Å². The lowest BCUT2D eigenvalue weighted by Gasteiger charge is -2.09. The van der Waals surface area contributed by atoms with Gasteiger partial charge in [0.15, 0.2) is 0 Å². The lowest BCUT2D eigenvalue weighted by atomic mass is 10.3. The van der Waals surface area contributed by atoms with Crippen molar-refractivity contribution < 1.29 is 0 Å². The minimum absolute atomic E-state index is 0.718. The molecule has 0 spiro atoms. The van der Waals surface area contributed by atoms with Crippen molar-refractivity contribution >= 4 is 55.8 Å². The van der Waals surface area contributed by atoms with Crippen molar-refractivity contribution in [2.75, 3.05) is 5.32 Å². The van der Waals surface area contributed by atoms with Crippen LogP contribution in [0.4, 0.5) is 5.69 Å². The highest BCUT2D eigenvalue weighted by molar-refractivity contribution is 14.1. The zero-order valence-electron chi connectivity index (χ0n) is 9.97. The summed E-state index contributed by atoms with van der Waals surface area (Å²) >= 11 is 11.8. The summed E-state index contributed by atoms with van der Waals surface area (Å²) in [5, 5.41) is 8.51. The van der Waals surface area contributed by atoms with Crippen LogP contribution in [0.2, 0.25) is 5.02 Å². The Labute approximate surface area is 133 Å². The van der Waals surface area contributed by atoms with Crippen LogP contribution < -0.4 is 5.32 Å². The van der Waals surface area contributed by atoms with Gasteiger partial charge in [-0.3, -0.25) is 4.68 Å². The van der Waals surface area contributed by atoms with Gasteiger partial charge in [-0.1, -0.05) is 11.6 Å². The van der Waals surface area contributed by atoms with Crippen LogP contribution >= 0.6 is 50.1 Å². The van der Waals surface area contributed by atoms with Crippen molar-refractivity contribution in [2.24, 2.45) is 7.05 Å². The number of anilines is 1. The molecule has 2 aromatic rings. The van der Waals surface area contributed by atoms with Crippen LogP contribution in [0.3, 0.4) is 0 Å². The normalized spacial score (nSPS) is 10.7. The van der Waals surface area contributed by atoms with Crippen molar-refractivity contribution in [3.63, 3.8) is 0 Å². The third kappa shape index (κ3) is 3.00. The summed E-state index contributed by atoms with van der Waals surface area (Å²) in [4.78, 5) is 0. The summed E-state index contributed by atoms with van der Waals surface area (Å²) in [5.74, 6) is 0. The molecule has 18 heavy (non-hydrogen) atoms. The summed E-state index contributed by atoms with van der Waals surface area (Å²) in [6.07, 6.45) is 0. The SMILES string of the molecule is Cc1nn(C)c(CNc2ccc(Cl)cc2I)c1Br. The first-order chi connectivity index (χ1) is 8.49. The molecule has 1 N–H and O–H groups in total. The Morgan fingerprint density at radius 1 is 1.50 bits per heavy atom. The fraction of sp³-hybridized carbons (Fsp3) is 0.250. The third-order valence-electron chi connectivity index (χ3n) is 2.64. The predicted octanol–water partition coefficient (Wildman–Crippen LogP) is 4.36. The Morgan fingerprint density at radius 2 is 2.22 bits per heavy atom. The Morgan fingerprint density at radius 3 is 2.78 bits per heavy atom. The molecule has 0 aliphatic rings. The molecule has 1 aromatic carbocycles. The van der Waals surface area contributed by atoms with Gasteiger partial charge in [0, 0.05) is 21.3 Å². The number of hydrogen-bond donors (Lipinski definition) is 1. The average molecular weight is 441 g/mol. The minimum Gasteiger partial charge on any atom is -0.379 e. The summed E-state index contributed by atoms with van der Waals surface area (Å²) in [7, 11) is 1.95. The second-order valence-corrected chi connectivity index (χ2v) is 6.34. The summed E-state index contributed by atoms with van der Waals surface area (Å²) in [5.41, 5.74) is 3.20. The van der Waals surface area contributed by atoms with Gasteiger partial charge < -0.3 is 5.32 Å². The maximum atomic E-state index is 5.93. The Balaban J connectivity index is 2.16. The number of benzene rings is 1. The number of rotatable bonds is 3. The molecule has 0 aliphatic carbocycles. The monoisotopic (exact) mass is 439 g/mol. The first-order valence-corrected chi connectivity index (χ1v) is 7.61. The maximum Gasteiger partial charge on any atom is 0.0739 e. The zero-order valence-corrected chi connectivity index (χ0v) is 14.5. The van der Waals surface area contributed by atoms with Gasteiger partial charge in [0.05, 0.1) is 22.4 Å². The van der Waals surface area contributed by atoms with Crippen LogP contribution in [0.5, 0.6) is 0 Å². The average Bonchev–Trinajstić information content (AvgIpc) is 2.53. The summed E-state index contributed by atoms with van der Waals surface area (Å²) < 4.78 is 4.05. The number of hydrogen-bond acceptors (Lipinski definition) is 2. The Hall–Kier alpha value is -0.270. The molecule has 3 nitrogen and oxygen atoms in total. The predicted molar refractivity (Wildman–Crippen MR) is 87.1 cm³/mol. The van der Waals surface area contributed by atoms with E-state index in [1.54, 1.807) is 0 Å². The number of nitrogens with one attached hydrogen (secondary N) is 1. The highest BCUT2D eigenvalue weighted by Crippen LogP contribution is 2.25. The summed E-state index contributed by atoms with van der Waals surface area (Å²) in [6.45, 7) is 2.70. The smallest absolute Gasteiger partial charge is 0.0739 e. The van der Waals surface area contributed by atoms with E-state index in [4.69, 9.17) is 11.6 Å². The van der Waals surface area contributed by atoms with Crippen LogP contribution in [-0.2, 0) is 13.6 Å². The highest BCUT2D eigenvalue weighted by Gasteiger charge is 2.10. The Kier molecular flexibility index (Phi) is 4.55. The van der Waals surface area contributed by atoms with Crippen molar-refractivity contribution in [1.82, 2.24) is 9.78 Å². The quantitative estimate of drug-likeness (QED) is 0.719. The standard InChI is InChI=1S/C12H12BrClIN3/c1-7-12(13)11(18(2)17-7)6-16-10-4-3-8(14)5-9(10)15/h3-5,16H,6H2,1-2H3. The van der Waals surface area contributed by atoms with Crippen LogP contribution in [0.15, 0.2) is 22.7 Å². The van der Waals surface area contributed by atoms with Crippen molar-refractivity contribution in [3.05, 3.63) is 42.7 Å². The van der Waals surface area contributed by atoms with Gasteiger partial charge in [-0.15, -0.1) is 0 Å². The van der Waals surface area contributed by atoms with E-state index in [1.165, 1.54) is 0 Å². The van der Waals surface area contributed by atoms with Crippen molar-refractivity contribution in [1.29, 1.82) is 0 Å². The van der Waals surface area contributed by atoms with Gasteiger partial charge >= 0.3 is 0 Å². The first-order valence-electron chi connectivity index (χ1n) is 5.36. The molecule has 0 radical (unpaired) electrons. The minimum atomic E-state index is 0.718. The second-order valence-electron chi connectivity index (χ2n) is 3.95. The van der Waals surface area contributed by atoms with Gasteiger partial charge in [0.2, 0.25) is 0 Å². The molecule has 2 rings (SSSR count). The molecular weight excluding hydrogens is 428 g/mol. The van der Waals surface area contributed by atoms with Gasteiger partial charge in [-0.25, -0.2) is 0 Å². The van der Waals surface area contributed by atoms with E-state index in [0.29, 0.717) is 0 Å². The van der Waals surface area contributed by atoms with E-state index in [2.05, 4.69) is 48.9 Å². The van der Waals surface area contributed by atoms with Gasteiger partial charge in [0.1, 0.15) is 0 Å². The fourth-order valence-electron chi connectivity index (χ4n) is 1.68. The molecule has 0 bridgehead atoms. The molecule has 0 atom stereocenters. The molecule has 96 valence electrons.